The summed E-state index contributed by atoms with van der Waals surface area (Å²) >= 11 is 1.41. The van der Waals surface area contributed by atoms with Gasteiger partial charge in [0.05, 0.1) is 18.8 Å². The number of ketones is 1. The van der Waals surface area contributed by atoms with Crippen molar-refractivity contribution in [2.75, 3.05) is 17.7 Å². The van der Waals surface area contributed by atoms with Crippen molar-refractivity contribution in [1.29, 1.82) is 0 Å². The average molecular weight is 309 g/mol. The van der Waals surface area contributed by atoms with Gasteiger partial charge in [0, 0.05) is 23.9 Å². The van der Waals surface area contributed by atoms with Crippen molar-refractivity contribution in [3.63, 3.8) is 0 Å². The minimum absolute atomic E-state index is 0.0130. The van der Waals surface area contributed by atoms with Gasteiger partial charge in [-0.25, -0.2) is 0 Å². The van der Waals surface area contributed by atoms with Crippen LogP contribution in [-0.2, 0) is 19.1 Å². The van der Waals surface area contributed by atoms with Gasteiger partial charge < -0.3 is 10.1 Å². The van der Waals surface area contributed by atoms with Crippen LogP contribution in [0.2, 0.25) is 0 Å². The quantitative estimate of drug-likeness (QED) is 0.590. The molecular weight excluding hydrogens is 290 g/mol. The number of anilines is 1. The molecule has 6 heteroatoms. The van der Waals surface area contributed by atoms with Gasteiger partial charge in [-0.15, -0.1) is 11.8 Å². The van der Waals surface area contributed by atoms with Gasteiger partial charge in [-0.2, -0.15) is 0 Å². The van der Waals surface area contributed by atoms with E-state index in [1.165, 1.54) is 18.7 Å². The fourth-order valence-corrected chi connectivity index (χ4v) is 2.35. The number of hydrogen-bond acceptors (Lipinski definition) is 5. The molecule has 21 heavy (non-hydrogen) atoms. The van der Waals surface area contributed by atoms with Crippen LogP contribution >= 0.6 is 11.8 Å². The largest absolute Gasteiger partial charge is 0.466 e. The molecule has 0 aromatic heterocycles. The van der Waals surface area contributed by atoms with Crippen molar-refractivity contribution in [3.8, 4) is 0 Å². The third-order valence-corrected chi connectivity index (χ3v) is 3.56. The van der Waals surface area contributed by atoms with E-state index in [1.807, 2.05) is 12.1 Å². The maximum absolute atomic E-state index is 11.7. The lowest BCUT2D eigenvalue weighted by molar-refractivity contribution is -0.144. The zero-order chi connectivity index (χ0) is 15.7. The molecule has 1 amide bonds. The first kappa shape index (κ1) is 17.2. The van der Waals surface area contributed by atoms with Crippen molar-refractivity contribution in [2.24, 2.45) is 0 Å². The van der Waals surface area contributed by atoms with E-state index < -0.39 is 0 Å². The Hall–Kier alpha value is -1.82. The van der Waals surface area contributed by atoms with Gasteiger partial charge in [-0.05, 0) is 31.2 Å². The maximum Gasteiger partial charge on any atom is 0.306 e. The Bertz CT molecular complexity index is 499. The van der Waals surface area contributed by atoms with Crippen molar-refractivity contribution < 1.29 is 19.1 Å². The molecule has 0 heterocycles. The van der Waals surface area contributed by atoms with Crippen molar-refractivity contribution >= 4 is 35.1 Å². The smallest absolute Gasteiger partial charge is 0.306 e. The van der Waals surface area contributed by atoms with Crippen LogP contribution < -0.4 is 5.32 Å². The number of esters is 1. The number of Topliss-reactive ketones (excluding diaryl/α,β-unsaturated/α-hetero) is 1. The van der Waals surface area contributed by atoms with Gasteiger partial charge in [-0.1, -0.05) is 0 Å². The van der Waals surface area contributed by atoms with Crippen LogP contribution in [0.15, 0.2) is 29.2 Å². The number of carbonyl (C=O) groups excluding carboxylic acids is 3. The van der Waals surface area contributed by atoms with Gasteiger partial charge in [-0.3, -0.25) is 14.4 Å². The monoisotopic (exact) mass is 309 g/mol. The van der Waals surface area contributed by atoms with Gasteiger partial charge in [0.1, 0.15) is 5.78 Å². The summed E-state index contributed by atoms with van der Waals surface area (Å²) in [6, 6.07) is 7.25. The molecule has 1 rings (SSSR count). The van der Waals surface area contributed by atoms with E-state index in [9.17, 15) is 14.4 Å². The van der Waals surface area contributed by atoms with Gasteiger partial charge >= 0.3 is 5.97 Å². The van der Waals surface area contributed by atoms with E-state index in [1.54, 1.807) is 19.1 Å². The predicted octanol–water partition coefficient (Wildman–Crippen LogP) is 2.65. The van der Waals surface area contributed by atoms with E-state index in [-0.39, 0.29) is 30.5 Å². The minimum Gasteiger partial charge on any atom is -0.466 e. The van der Waals surface area contributed by atoms with E-state index >= 15 is 0 Å². The molecule has 114 valence electrons. The summed E-state index contributed by atoms with van der Waals surface area (Å²) in [7, 11) is 0. The van der Waals surface area contributed by atoms with Crippen molar-refractivity contribution in [3.05, 3.63) is 24.3 Å². The molecule has 0 aliphatic rings. The highest BCUT2D eigenvalue weighted by molar-refractivity contribution is 8.00. The summed E-state index contributed by atoms with van der Waals surface area (Å²) in [6.45, 7) is 3.52. The maximum atomic E-state index is 11.7. The molecule has 0 radical (unpaired) electrons. The highest BCUT2D eigenvalue weighted by atomic mass is 32.2. The summed E-state index contributed by atoms with van der Waals surface area (Å²) in [5.41, 5.74) is 0.723. The normalized spacial score (nSPS) is 10.0. The second-order valence-electron chi connectivity index (χ2n) is 4.34. The summed E-state index contributed by atoms with van der Waals surface area (Å²) in [5.74, 6) is -0.127. The summed E-state index contributed by atoms with van der Waals surface area (Å²) in [6.07, 6.45) is 0.338. The van der Waals surface area contributed by atoms with Crippen LogP contribution in [0.1, 0.15) is 26.7 Å². The number of benzene rings is 1. The topological polar surface area (TPSA) is 72.5 Å². The molecule has 0 unspecified atom stereocenters. The van der Waals surface area contributed by atoms with Gasteiger partial charge in [0.25, 0.3) is 0 Å². The molecule has 0 atom stereocenters. The molecule has 0 saturated carbocycles. The molecule has 0 spiro atoms. The molecule has 1 N–H and O–H groups in total. The Labute approximate surface area is 128 Å². The molecule has 1 aromatic rings. The van der Waals surface area contributed by atoms with Crippen molar-refractivity contribution in [1.82, 2.24) is 0 Å². The standard InChI is InChI=1S/C15H19NO4S/c1-3-20-15(19)9-6-13(18)10-21-14-7-4-12(5-8-14)16-11(2)17/h4-5,7-8H,3,6,9-10H2,1-2H3,(H,16,17). The van der Waals surface area contributed by atoms with Gasteiger partial charge in [0.15, 0.2) is 0 Å². The Morgan fingerprint density at radius 1 is 1.14 bits per heavy atom. The number of nitrogens with one attached hydrogen (secondary N) is 1. The highest BCUT2D eigenvalue weighted by Gasteiger charge is 2.08. The van der Waals surface area contributed by atoms with Gasteiger partial charge in [0.2, 0.25) is 5.91 Å². The van der Waals surface area contributed by atoms with Crippen LogP contribution in [0.25, 0.3) is 0 Å². The predicted molar refractivity (Wildman–Crippen MR) is 82.3 cm³/mol. The third kappa shape index (κ3) is 7.51. The highest BCUT2D eigenvalue weighted by Crippen LogP contribution is 2.20. The lowest BCUT2D eigenvalue weighted by atomic mass is 10.2. The van der Waals surface area contributed by atoms with Crippen LogP contribution in [0.5, 0.6) is 0 Å². The Kier molecular flexibility index (Phi) is 7.53. The van der Waals surface area contributed by atoms with Crippen LogP contribution in [-0.4, -0.2) is 30.0 Å². The fraction of sp³-hybridized carbons (Fsp3) is 0.400. The molecule has 5 nitrogen and oxygen atoms in total. The Morgan fingerprint density at radius 2 is 1.81 bits per heavy atom. The minimum atomic E-state index is -0.337. The van der Waals surface area contributed by atoms with Crippen LogP contribution in [0, 0.1) is 0 Å². The number of thioether (sulfide) groups is 1. The lowest BCUT2D eigenvalue weighted by Gasteiger charge is -2.04. The van der Waals surface area contributed by atoms with E-state index in [0.29, 0.717) is 12.4 Å². The van der Waals surface area contributed by atoms with E-state index in [4.69, 9.17) is 4.74 Å². The fourth-order valence-electron chi connectivity index (χ4n) is 1.55. The molecule has 0 aliphatic carbocycles. The SMILES string of the molecule is CCOC(=O)CCC(=O)CSc1ccc(NC(C)=O)cc1. The number of hydrogen-bond donors (Lipinski definition) is 1. The number of rotatable bonds is 8. The average Bonchev–Trinajstić information content (AvgIpc) is 2.44. The Morgan fingerprint density at radius 3 is 2.38 bits per heavy atom. The summed E-state index contributed by atoms with van der Waals surface area (Å²) < 4.78 is 4.77. The molecule has 1 aromatic carbocycles. The molecule has 0 saturated heterocycles. The third-order valence-electron chi connectivity index (χ3n) is 2.49. The second kappa shape index (κ2) is 9.18. The number of amides is 1. The summed E-state index contributed by atoms with van der Waals surface area (Å²) in [4.78, 5) is 34.6. The second-order valence-corrected chi connectivity index (χ2v) is 5.39. The zero-order valence-corrected chi connectivity index (χ0v) is 13.0. The molecule has 0 bridgehead atoms. The first-order valence-corrected chi connectivity index (χ1v) is 7.67. The van der Waals surface area contributed by atoms with Crippen molar-refractivity contribution in [2.45, 2.75) is 31.6 Å². The first-order valence-electron chi connectivity index (χ1n) is 6.69. The molecule has 0 fully saturated rings. The first-order chi connectivity index (χ1) is 10.0. The lowest BCUT2D eigenvalue weighted by Crippen LogP contribution is -2.09. The van der Waals surface area contributed by atoms with Crippen LogP contribution in [0.4, 0.5) is 5.69 Å². The molecular formula is C15H19NO4S. The Balaban J connectivity index is 2.32. The summed E-state index contributed by atoms with van der Waals surface area (Å²) in [5, 5.41) is 2.68. The van der Waals surface area contributed by atoms with Crippen LogP contribution in [0.3, 0.4) is 0 Å². The zero-order valence-electron chi connectivity index (χ0n) is 12.2. The molecule has 0 aliphatic heterocycles. The number of carbonyl (C=O) groups is 3. The van der Waals surface area contributed by atoms with E-state index in [0.717, 1.165) is 10.6 Å². The number of ether oxygens (including phenoxy) is 1. The van der Waals surface area contributed by atoms with E-state index in [2.05, 4.69) is 5.32 Å².